The molecular weight excluding hydrogens is 196 g/mol. The predicted octanol–water partition coefficient (Wildman–Crippen LogP) is 4.62. The van der Waals surface area contributed by atoms with Crippen molar-refractivity contribution in [2.75, 3.05) is 0 Å². The lowest BCUT2D eigenvalue weighted by Gasteiger charge is -2.19. The summed E-state index contributed by atoms with van der Waals surface area (Å²) in [5.41, 5.74) is 0.862. The van der Waals surface area contributed by atoms with Crippen molar-refractivity contribution >= 4 is 6.29 Å². The summed E-state index contributed by atoms with van der Waals surface area (Å²) in [6.07, 6.45) is 8.16. The second kappa shape index (κ2) is 8.55. The summed E-state index contributed by atoms with van der Waals surface area (Å²) in [6.45, 7) is 11.0. The molecule has 16 heavy (non-hydrogen) atoms. The molecule has 3 unspecified atom stereocenters. The Morgan fingerprint density at radius 3 is 2.25 bits per heavy atom. The van der Waals surface area contributed by atoms with Crippen LogP contribution in [0.5, 0.6) is 0 Å². The van der Waals surface area contributed by atoms with Crippen molar-refractivity contribution in [3.05, 3.63) is 11.6 Å². The zero-order valence-corrected chi connectivity index (χ0v) is 11.6. The van der Waals surface area contributed by atoms with Crippen molar-refractivity contribution in [1.82, 2.24) is 0 Å². The summed E-state index contributed by atoms with van der Waals surface area (Å²) >= 11 is 0. The highest BCUT2D eigenvalue weighted by molar-refractivity contribution is 5.72. The van der Waals surface area contributed by atoms with E-state index in [9.17, 15) is 4.79 Å². The van der Waals surface area contributed by atoms with Gasteiger partial charge in [-0.05, 0) is 43.1 Å². The second-order valence-corrected chi connectivity index (χ2v) is 5.48. The van der Waals surface area contributed by atoms with Crippen LogP contribution in [0, 0.1) is 17.8 Å². The fraction of sp³-hybridized carbons (Fsp3) is 0.800. The first-order valence-corrected chi connectivity index (χ1v) is 6.63. The maximum absolute atomic E-state index is 10.5. The van der Waals surface area contributed by atoms with Crippen LogP contribution in [-0.2, 0) is 4.79 Å². The molecule has 0 saturated carbocycles. The third-order valence-electron chi connectivity index (χ3n) is 3.09. The third kappa shape index (κ3) is 7.67. The molecule has 3 atom stereocenters. The molecule has 0 fully saturated rings. The van der Waals surface area contributed by atoms with E-state index in [0.29, 0.717) is 5.92 Å². The molecule has 0 aromatic rings. The van der Waals surface area contributed by atoms with E-state index in [0.717, 1.165) is 23.7 Å². The van der Waals surface area contributed by atoms with Gasteiger partial charge in [-0.3, -0.25) is 4.79 Å². The number of allylic oxidation sites excluding steroid dienone is 2. The average molecular weight is 224 g/mol. The highest BCUT2D eigenvalue weighted by Gasteiger charge is 2.11. The van der Waals surface area contributed by atoms with Crippen LogP contribution in [0.3, 0.4) is 0 Å². The maximum atomic E-state index is 10.5. The Morgan fingerprint density at radius 2 is 1.75 bits per heavy atom. The van der Waals surface area contributed by atoms with E-state index in [4.69, 9.17) is 0 Å². The summed E-state index contributed by atoms with van der Waals surface area (Å²) < 4.78 is 0. The molecule has 0 aliphatic heterocycles. The van der Waals surface area contributed by atoms with Gasteiger partial charge in [0.15, 0.2) is 0 Å². The summed E-state index contributed by atoms with van der Waals surface area (Å²) in [7, 11) is 0. The number of hydrogen-bond acceptors (Lipinski definition) is 1. The monoisotopic (exact) mass is 224 g/mol. The molecule has 0 radical (unpaired) electrons. The lowest BCUT2D eigenvalue weighted by molar-refractivity contribution is -0.104. The van der Waals surface area contributed by atoms with Gasteiger partial charge in [-0.2, -0.15) is 0 Å². The Morgan fingerprint density at radius 1 is 1.12 bits per heavy atom. The number of aldehydes is 1. The van der Waals surface area contributed by atoms with E-state index in [1.165, 1.54) is 25.7 Å². The fourth-order valence-electron chi connectivity index (χ4n) is 2.58. The Hall–Kier alpha value is -0.590. The number of hydrogen-bond donors (Lipinski definition) is 0. The molecule has 94 valence electrons. The van der Waals surface area contributed by atoms with Gasteiger partial charge in [0, 0.05) is 0 Å². The zero-order chi connectivity index (χ0) is 12.6. The molecule has 0 heterocycles. The molecular formula is C15H28O. The van der Waals surface area contributed by atoms with Crippen LogP contribution >= 0.6 is 0 Å². The molecule has 0 aliphatic carbocycles. The fourth-order valence-corrected chi connectivity index (χ4v) is 2.58. The van der Waals surface area contributed by atoms with E-state index >= 15 is 0 Å². The Balaban J connectivity index is 3.94. The van der Waals surface area contributed by atoms with Gasteiger partial charge in [-0.25, -0.2) is 0 Å². The topological polar surface area (TPSA) is 17.1 Å². The van der Waals surface area contributed by atoms with Gasteiger partial charge in [-0.15, -0.1) is 0 Å². The third-order valence-corrected chi connectivity index (χ3v) is 3.09. The first-order valence-electron chi connectivity index (χ1n) is 6.63. The first-order chi connectivity index (χ1) is 7.49. The van der Waals surface area contributed by atoms with Gasteiger partial charge >= 0.3 is 0 Å². The number of carbonyl (C=O) groups is 1. The molecule has 0 aromatic carbocycles. The number of carbonyl (C=O) groups excluding carboxylic acids is 1. The van der Waals surface area contributed by atoms with Crippen LogP contribution in [0.15, 0.2) is 11.6 Å². The van der Waals surface area contributed by atoms with Gasteiger partial charge in [0.2, 0.25) is 0 Å². The van der Waals surface area contributed by atoms with Crippen molar-refractivity contribution in [3.8, 4) is 0 Å². The smallest absolute Gasteiger partial charge is 0.145 e. The lowest BCUT2D eigenvalue weighted by Crippen LogP contribution is -2.07. The van der Waals surface area contributed by atoms with Crippen LogP contribution < -0.4 is 0 Å². The van der Waals surface area contributed by atoms with Crippen LogP contribution in [0.4, 0.5) is 0 Å². The molecule has 0 aliphatic rings. The van der Waals surface area contributed by atoms with Gasteiger partial charge in [0.05, 0.1) is 0 Å². The summed E-state index contributed by atoms with van der Waals surface area (Å²) in [5, 5.41) is 0. The van der Waals surface area contributed by atoms with Crippen molar-refractivity contribution in [2.24, 2.45) is 17.8 Å². The van der Waals surface area contributed by atoms with Gasteiger partial charge in [-0.1, -0.05) is 46.6 Å². The summed E-state index contributed by atoms with van der Waals surface area (Å²) in [6, 6.07) is 0. The molecule has 1 nitrogen and oxygen atoms in total. The van der Waals surface area contributed by atoms with E-state index in [2.05, 4.69) is 33.8 Å². The molecule has 0 saturated heterocycles. The molecule has 0 rings (SSSR count). The quantitative estimate of drug-likeness (QED) is 0.434. The van der Waals surface area contributed by atoms with Gasteiger partial charge in [0.25, 0.3) is 0 Å². The molecule has 0 aromatic heterocycles. The highest BCUT2D eigenvalue weighted by Crippen LogP contribution is 2.23. The molecule has 1 heteroatoms. The maximum Gasteiger partial charge on any atom is 0.145 e. The lowest BCUT2D eigenvalue weighted by atomic mass is 9.87. The van der Waals surface area contributed by atoms with E-state index < -0.39 is 0 Å². The Bertz CT molecular complexity index is 217. The zero-order valence-electron chi connectivity index (χ0n) is 11.6. The van der Waals surface area contributed by atoms with Crippen LogP contribution in [0.2, 0.25) is 0 Å². The first kappa shape index (κ1) is 15.4. The van der Waals surface area contributed by atoms with Gasteiger partial charge in [0.1, 0.15) is 6.29 Å². The minimum atomic E-state index is 0.522. The van der Waals surface area contributed by atoms with E-state index in [-0.39, 0.29) is 0 Å². The molecule has 0 spiro atoms. The molecule has 0 N–H and O–H groups in total. The van der Waals surface area contributed by atoms with Crippen molar-refractivity contribution in [3.63, 3.8) is 0 Å². The van der Waals surface area contributed by atoms with Crippen LogP contribution in [-0.4, -0.2) is 6.29 Å². The van der Waals surface area contributed by atoms with Crippen molar-refractivity contribution in [2.45, 2.75) is 60.3 Å². The van der Waals surface area contributed by atoms with Crippen LogP contribution in [0.1, 0.15) is 60.3 Å². The minimum absolute atomic E-state index is 0.522. The second-order valence-electron chi connectivity index (χ2n) is 5.48. The normalized spacial score (nSPS) is 17.9. The van der Waals surface area contributed by atoms with Crippen molar-refractivity contribution in [1.29, 1.82) is 0 Å². The standard InChI is InChI=1S/C15H28O/c1-6-7-12(2)8-13(3)9-14(4)10-15(5)11-16/h10-14H,6-9H2,1-5H3. The molecule has 0 amide bonds. The highest BCUT2D eigenvalue weighted by atomic mass is 16.1. The Labute approximate surface area is 101 Å². The summed E-state index contributed by atoms with van der Waals surface area (Å²) in [5.74, 6) is 2.12. The minimum Gasteiger partial charge on any atom is -0.298 e. The van der Waals surface area contributed by atoms with Gasteiger partial charge < -0.3 is 0 Å². The Kier molecular flexibility index (Phi) is 8.23. The van der Waals surface area contributed by atoms with Crippen molar-refractivity contribution < 1.29 is 4.79 Å². The van der Waals surface area contributed by atoms with Crippen LogP contribution in [0.25, 0.3) is 0 Å². The summed E-state index contributed by atoms with van der Waals surface area (Å²) in [4.78, 5) is 10.5. The largest absolute Gasteiger partial charge is 0.298 e. The predicted molar refractivity (Wildman–Crippen MR) is 71.5 cm³/mol. The average Bonchev–Trinajstić information content (AvgIpc) is 2.16. The van der Waals surface area contributed by atoms with E-state index in [1.54, 1.807) is 0 Å². The molecule has 0 bridgehead atoms. The SMILES string of the molecule is CCCC(C)CC(C)CC(C)C=C(C)C=O. The van der Waals surface area contributed by atoms with E-state index in [1.807, 2.05) is 6.92 Å². The number of rotatable bonds is 8.